The lowest BCUT2D eigenvalue weighted by Crippen LogP contribution is -2.09. The van der Waals surface area contributed by atoms with Crippen LogP contribution in [0.3, 0.4) is 0 Å². The van der Waals surface area contributed by atoms with Gasteiger partial charge in [-0.15, -0.1) is 10.7 Å². The molecule has 0 aromatic heterocycles. The van der Waals surface area contributed by atoms with Crippen molar-refractivity contribution in [2.24, 2.45) is 10.3 Å². The van der Waals surface area contributed by atoms with Crippen LogP contribution in [0.15, 0.2) is 89.4 Å². The van der Waals surface area contributed by atoms with E-state index in [2.05, 4.69) is 15.9 Å². The number of para-hydroxylation sites is 1. The van der Waals surface area contributed by atoms with Crippen LogP contribution in [-0.4, -0.2) is 0 Å². The molecule has 0 spiro atoms. The number of fused-ring (bicyclic) bond motifs is 1. The molecule has 2 rings (SSSR count). The first kappa shape index (κ1) is 14.5. The Bertz CT molecular complexity index is 614. The maximum absolute atomic E-state index is 5.12. The summed E-state index contributed by atoms with van der Waals surface area (Å²) in [6.45, 7) is 0. The van der Waals surface area contributed by atoms with Crippen molar-refractivity contribution in [1.29, 1.82) is 0 Å². The van der Waals surface area contributed by atoms with Gasteiger partial charge in [-0.3, -0.25) is 0 Å². The number of hydrogen-bond acceptors (Lipinski definition) is 5. The molecule has 1 aromatic carbocycles. The van der Waals surface area contributed by atoms with Crippen LogP contribution in [0.2, 0.25) is 0 Å². The molecular weight excluding hydrogens is 266 g/mol. The van der Waals surface area contributed by atoms with Crippen LogP contribution in [0.25, 0.3) is 6.08 Å². The molecule has 21 heavy (non-hydrogen) atoms. The predicted molar refractivity (Wildman–Crippen MR) is 81.7 cm³/mol. The normalized spacial score (nSPS) is 15.0. The highest BCUT2D eigenvalue weighted by Crippen LogP contribution is 2.19. The van der Waals surface area contributed by atoms with Crippen molar-refractivity contribution in [2.45, 2.75) is 0 Å². The second kappa shape index (κ2) is 9.06. The second-order valence-electron chi connectivity index (χ2n) is 3.87. The van der Waals surface area contributed by atoms with Gasteiger partial charge in [0.15, 0.2) is 5.75 Å². The van der Waals surface area contributed by atoms with Crippen molar-refractivity contribution < 1.29 is 9.88 Å². The van der Waals surface area contributed by atoms with Gasteiger partial charge in [-0.2, -0.15) is 0 Å². The number of nitrogens with one attached hydrogen (secondary N) is 1. The first-order chi connectivity index (χ1) is 10.5. The third-order valence-electron chi connectivity index (χ3n) is 2.39. The van der Waals surface area contributed by atoms with E-state index in [9.17, 15) is 0 Å². The van der Waals surface area contributed by atoms with Crippen LogP contribution in [0.5, 0.6) is 5.75 Å². The molecule has 0 saturated carbocycles. The number of hydrogen-bond donors (Lipinski definition) is 1. The Balaban J connectivity index is 2.14. The van der Waals surface area contributed by atoms with Gasteiger partial charge >= 0.3 is 0 Å². The van der Waals surface area contributed by atoms with Gasteiger partial charge < -0.3 is 4.89 Å². The summed E-state index contributed by atoms with van der Waals surface area (Å²) in [5.41, 5.74) is 3.11. The van der Waals surface area contributed by atoms with E-state index in [1.165, 1.54) is 6.20 Å². The SMILES string of the molecule is C1=CC=CC=Cc2ccccc2OONN=NC=CC=C1. The van der Waals surface area contributed by atoms with Gasteiger partial charge in [0.1, 0.15) is 0 Å². The monoisotopic (exact) mass is 281 g/mol. The van der Waals surface area contributed by atoms with Crippen LogP contribution in [0.4, 0.5) is 0 Å². The van der Waals surface area contributed by atoms with Crippen LogP contribution in [0.1, 0.15) is 5.56 Å². The molecule has 106 valence electrons. The zero-order valence-corrected chi connectivity index (χ0v) is 11.3. The zero-order valence-electron chi connectivity index (χ0n) is 11.3. The fourth-order valence-electron chi connectivity index (χ4n) is 1.46. The molecule has 0 bridgehead atoms. The molecule has 1 aliphatic rings. The number of rotatable bonds is 0. The van der Waals surface area contributed by atoms with Crippen molar-refractivity contribution >= 4 is 6.08 Å². The van der Waals surface area contributed by atoms with E-state index < -0.39 is 0 Å². The number of allylic oxidation sites excluding steroid dienone is 8. The lowest BCUT2D eigenvalue weighted by molar-refractivity contribution is -0.259. The molecule has 5 heteroatoms. The summed E-state index contributed by atoms with van der Waals surface area (Å²) in [6.07, 6.45) is 18.5. The summed E-state index contributed by atoms with van der Waals surface area (Å²) in [7, 11) is 0. The second-order valence-corrected chi connectivity index (χ2v) is 3.87. The van der Waals surface area contributed by atoms with Crippen LogP contribution >= 0.6 is 0 Å². The molecule has 0 fully saturated rings. The molecule has 1 aromatic rings. The van der Waals surface area contributed by atoms with Crippen molar-refractivity contribution in [3.8, 4) is 5.75 Å². The van der Waals surface area contributed by atoms with Gasteiger partial charge in [-0.1, -0.05) is 66.8 Å². The third-order valence-corrected chi connectivity index (χ3v) is 2.39. The highest BCUT2D eigenvalue weighted by atomic mass is 17.3. The summed E-state index contributed by atoms with van der Waals surface area (Å²) in [5.74, 6) is 0.571. The van der Waals surface area contributed by atoms with Gasteiger partial charge in [0.2, 0.25) is 0 Å². The lowest BCUT2D eigenvalue weighted by Gasteiger charge is -2.04. The van der Waals surface area contributed by atoms with Gasteiger partial charge in [0, 0.05) is 5.56 Å². The Morgan fingerprint density at radius 1 is 0.810 bits per heavy atom. The van der Waals surface area contributed by atoms with Crippen LogP contribution in [0, 0.1) is 0 Å². The van der Waals surface area contributed by atoms with Crippen molar-refractivity contribution in [2.75, 3.05) is 0 Å². The minimum absolute atomic E-state index is 0.571. The Morgan fingerprint density at radius 3 is 2.38 bits per heavy atom. The van der Waals surface area contributed by atoms with E-state index in [-0.39, 0.29) is 0 Å². The molecular formula is C16H15N3O2. The van der Waals surface area contributed by atoms with E-state index >= 15 is 0 Å². The van der Waals surface area contributed by atoms with Gasteiger partial charge in [0.25, 0.3) is 0 Å². The summed E-state index contributed by atoms with van der Waals surface area (Å²) in [5, 5.41) is 7.25. The number of nitrogens with zero attached hydrogens (tertiary/aromatic N) is 2. The molecule has 5 nitrogen and oxygen atoms in total. The van der Waals surface area contributed by atoms with Gasteiger partial charge in [0.05, 0.1) is 6.20 Å². The minimum Gasteiger partial charge on any atom is -0.312 e. The Morgan fingerprint density at radius 2 is 1.52 bits per heavy atom. The first-order valence-corrected chi connectivity index (χ1v) is 6.37. The summed E-state index contributed by atoms with van der Waals surface area (Å²) >= 11 is 0. The molecule has 0 aliphatic carbocycles. The summed E-state index contributed by atoms with van der Waals surface area (Å²) < 4.78 is 0. The van der Waals surface area contributed by atoms with Crippen molar-refractivity contribution in [1.82, 2.24) is 5.59 Å². The van der Waals surface area contributed by atoms with E-state index in [1.807, 2.05) is 66.8 Å². The van der Waals surface area contributed by atoms with E-state index in [1.54, 1.807) is 12.1 Å². The van der Waals surface area contributed by atoms with E-state index in [4.69, 9.17) is 9.88 Å². The fourth-order valence-corrected chi connectivity index (χ4v) is 1.46. The zero-order chi connectivity index (χ0) is 14.6. The standard InChI is InChI=1S/C16H15N3O2/c1-2-4-6-10-14-17-18-19-21-20-16-13-9-8-12-15(16)11-7-5-3-1/h1-14H,(H,17,19). The minimum atomic E-state index is 0.571. The van der Waals surface area contributed by atoms with Crippen LogP contribution in [-0.2, 0) is 4.99 Å². The quantitative estimate of drug-likeness (QED) is 0.729. The summed E-state index contributed by atoms with van der Waals surface area (Å²) in [4.78, 5) is 9.88. The maximum atomic E-state index is 5.12. The fraction of sp³-hybridized carbons (Fsp3) is 0. The molecule has 0 amide bonds. The molecule has 1 heterocycles. The lowest BCUT2D eigenvalue weighted by atomic mass is 10.2. The van der Waals surface area contributed by atoms with Gasteiger partial charge in [-0.05, 0) is 22.4 Å². The van der Waals surface area contributed by atoms with E-state index in [0.717, 1.165) is 5.56 Å². The smallest absolute Gasteiger partial charge is 0.175 e. The Kier molecular flexibility index (Phi) is 6.25. The molecule has 0 atom stereocenters. The molecule has 1 aliphatic heterocycles. The Labute approximate surface area is 123 Å². The average molecular weight is 281 g/mol. The van der Waals surface area contributed by atoms with Gasteiger partial charge in [-0.25, -0.2) is 0 Å². The van der Waals surface area contributed by atoms with Crippen molar-refractivity contribution in [3.05, 3.63) is 84.6 Å². The Hall–Kier alpha value is -2.92. The molecule has 0 saturated heterocycles. The summed E-state index contributed by atoms with van der Waals surface area (Å²) in [6, 6.07) is 7.48. The van der Waals surface area contributed by atoms with E-state index in [0.29, 0.717) is 5.75 Å². The van der Waals surface area contributed by atoms with Crippen LogP contribution < -0.4 is 10.5 Å². The highest BCUT2D eigenvalue weighted by molar-refractivity contribution is 5.58. The average Bonchev–Trinajstić information content (AvgIpc) is 2.52. The largest absolute Gasteiger partial charge is 0.312 e. The predicted octanol–water partition coefficient (Wildman–Crippen LogP) is 4.08. The molecule has 0 unspecified atom stereocenters. The third kappa shape index (κ3) is 5.71. The number of benzene rings is 1. The highest BCUT2D eigenvalue weighted by Gasteiger charge is 1.99. The maximum Gasteiger partial charge on any atom is 0.175 e. The molecule has 0 radical (unpaired) electrons. The van der Waals surface area contributed by atoms with Crippen molar-refractivity contribution in [3.63, 3.8) is 0 Å². The molecule has 1 N–H and O–H groups in total. The topological polar surface area (TPSA) is 55.2 Å². The first-order valence-electron chi connectivity index (χ1n) is 6.37.